The van der Waals surface area contributed by atoms with Gasteiger partial charge in [0.05, 0.1) is 6.61 Å². The monoisotopic (exact) mass is 315 g/mol. The number of carbonyl (C=O) groups is 1. The number of methoxy groups -OCH3 is 1. The van der Waals surface area contributed by atoms with E-state index < -0.39 is 0 Å². The molecule has 0 saturated heterocycles. The first-order valence-corrected chi connectivity index (χ1v) is 7.66. The first kappa shape index (κ1) is 17.2. The van der Waals surface area contributed by atoms with Crippen LogP contribution in [0.25, 0.3) is 0 Å². The lowest BCUT2D eigenvalue weighted by molar-refractivity contribution is 0.0949. The molecule has 0 bridgehead atoms. The van der Waals surface area contributed by atoms with Gasteiger partial charge in [0.1, 0.15) is 5.82 Å². The van der Waals surface area contributed by atoms with Crippen molar-refractivity contribution in [3.05, 3.63) is 70.5 Å². The van der Waals surface area contributed by atoms with Crippen LogP contribution in [-0.2, 0) is 17.9 Å². The average Bonchev–Trinajstić information content (AvgIpc) is 2.55. The zero-order valence-corrected chi connectivity index (χ0v) is 13.7. The molecule has 3 nitrogen and oxygen atoms in total. The minimum Gasteiger partial charge on any atom is -0.380 e. The van der Waals surface area contributed by atoms with Gasteiger partial charge in [-0.3, -0.25) is 4.79 Å². The van der Waals surface area contributed by atoms with E-state index in [1.165, 1.54) is 13.2 Å². The maximum atomic E-state index is 13.6. The quantitative estimate of drug-likeness (QED) is 0.874. The van der Waals surface area contributed by atoms with Gasteiger partial charge in [-0.05, 0) is 35.2 Å². The molecule has 0 spiro atoms. The highest BCUT2D eigenvalue weighted by Gasteiger charge is 2.13. The smallest absolute Gasteiger partial charge is 0.251 e. The predicted octanol–water partition coefficient (Wildman–Crippen LogP) is 4.03. The molecule has 0 atom stereocenters. The summed E-state index contributed by atoms with van der Waals surface area (Å²) in [6.45, 7) is 4.68. The van der Waals surface area contributed by atoms with Crippen LogP contribution in [-0.4, -0.2) is 13.0 Å². The number of nitrogens with one attached hydrogen (secondary N) is 1. The maximum absolute atomic E-state index is 13.6. The van der Waals surface area contributed by atoms with Gasteiger partial charge >= 0.3 is 0 Å². The molecule has 0 heterocycles. The Morgan fingerprint density at radius 3 is 2.65 bits per heavy atom. The van der Waals surface area contributed by atoms with Crippen LogP contribution in [0.4, 0.5) is 4.39 Å². The van der Waals surface area contributed by atoms with Crippen LogP contribution in [0.5, 0.6) is 0 Å². The second-order valence-corrected chi connectivity index (χ2v) is 5.78. The third kappa shape index (κ3) is 4.39. The van der Waals surface area contributed by atoms with Crippen molar-refractivity contribution in [2.75, 3.05) is 7.11 Å². The summed E-state index contributed by atoms with van der Waals surface area (Å²) in [5.41, 5.74) is 3.03. The fraction of sp³-hybridized carbons (Fsp3) is 0.316. The van der Waals surface area contributed by atoms with E-state index in [2.05, 4.69) is 19.2 Å². The summed E-state index contributed by atoms with van der Waals surface area (Å²) in [4.78, 5) is 12.4. The lowest BCUT2D eigenvalue weighted by Gasteiger charge is -2.13. The van der Waals surface area contributed by atoms with Gasteiger partial charge < -0.3 is 10.1 Å². The molecular formula is C19H22FNO2. The zero-order chi connectivity index (χ0) is 16.8. The number of halogens is 1. The highest BCUT2D eigenvalue weighted by atomic mass is 19.1. The van der Waals surface area contributed by atoms with E-state index in [0.717, 1.165) is 11.1 Å². The Kier molecular flexibility index (Phi) is 5.88. The molecule has 2 rings (SSSR count). The Morgan fingerprint density at radius 1 is 1.22 bits per heavy atom. The molecule has 23 heavy (non-hydrogen) atoms. The molecule has 0 aromatic heterocycles. The molecule has 0 saturated carbocycles. The van der Waals surface area contributed by atoms with Crippen molar-refractivity contribution in [1.29, 1.82) is 0 Å². The summed E-state index contributed by atoms with van der Waals surface area (Å²) < 4.78 is 18.6. The fourth-order valence-electron chi connectivity index (χ4n) is 2.49. The minimum absolute atomic E-state index is 0.119. The number of carbonyl (C=O) groups excluding carboxylic acids is 1. The largest absolute Gasteiger partial charge is 0.380 e. The summed E-state index contributed by atoms with van der Waals surface area (Å²) in [5, 5.41) is 2.90. The third-order valence-corrected chi connectivity index (χ3v) is 3.69. The number of hydrogen-bond acceptors (Lipinski definition) is 2. The number of rotatable bonds is 6. The van der Waals surface area contributed by atoms with E-state index in [0.29, 0.717) is 17.7 Å². The first-order chi connectivity index (χ1) is 11.0. The van der Waals surface area contributed by atoms with Gasteiger partial charge in [0.2, 0.25) is 0 Å². The molecule has 0 aliphatic heterocycles. The van der Waals surface area contributed by atoms with Crippen molar-refractivity contribution in [3.8, 4) is 0 Å². The maximum Gasteiger partial charge on any atom is 0.251 e. The van der Waals surface area contributed by atoms with Gasteiger partial charge in [0.25, 0.3) is 5.91 Å². The molecule has 122 valence electrons. The van der Waals surface area contributed by atoms with Crippen molar-refractivity contribution in [3.63, 3.8) is 0 Å². The van der Waals surface area contributed by atoms with Crippen LogP contribution in [0, 0.1) is 5.82 Å². The van der Waals surface area contributed by atoms with E-state index in [1.54, 1.807) is 12.1 Å². The summed E-state index contributed by atoms with van der Waals surface area (Å²) in [6.07, 6.45) is 0. The summed E-state index contributed by atoms with van der Waals surface area (Å²) in [6, 6.07) is 12.4. The third-order valence-electron chi connectivity index (χ3n) is 3.69. The Hall–Kier alpha value is -2.20. The van der Waals surface area contributed by atoms with Crippen molar-refractivity contribution in [2.45, 2.75) is 32.9 Å². The molecule has 1 amide bonds. The summed E-state index contributed by atoms with van der Waals surface area (Å²) in [5.74, 6) is -0.143. The molecule has 0 unspecified atom stereocenters. The first-order valence-electron chi connectivity index (χ1n) is 7.66. The van der Waals surface area contributed by atoms with Crippen molar-refractivity contribution < 1.29 is 13.9 Å². The van der Waals surface area contributed by atoms with E-state index >= 15 is 0 Å². The van der Waals surface area contributed by atoms with Gasteiger partial charge in [-0.2, -0.15) is 0 Å². The van der Waals surface area contributed by atoms with Crippen molar-refractivity contribution in [2.24, 2.45) is 0 Å². The molecule has 0 radical (unpaired) electrons. The van der Waals surface area contributed by atoms with Gasteiger partial charge in [-0.25, -0.2) is 4.39 Å². The lowest BCUT2D eigenvalue weighted by atomic mass is 9.97. The molecule has 0 aliphatic carbocycles. The molecule has 4 heteroatoms. The van der Waals surface area contributed by atoms with Crippen LogP contribution >= 0.6 is 0 Å². The molecule has 2 aromatic rings. The second kappa shape index (κ2) is 7.88. The Bertz CT molecular complexity index is 683. The van der Waals surface area contributed by atoms with Gasteiger partial charge in [0, 0.05) is 24.8 Å². The molecule has 0 fully saturated rings. The number of benzene rings is 2. The zero-order valence-electron chi connectivity index (χ0n) is 13.7. The van der Waals surface area contributed by atoms with E-state index in [1.807, 2.05) is 24.3 Å². The second-order valence-electron chi connectivity index (χ2n) is 5.78. The van der Waals surface area contributed by atoms with Crippen molar-refractivity contribution >= 4 is 5.91 Å². The fourth-order valence-corrected chi connectivity index (χ4v) is 2.49. The average molecular weight is 315 g/mol. The van der Waals surface area contributed by atoms with Gasteiger partial charge in [-0.1, -0.05) is 38.1 Å². The van der Waals surface area contributed by atoms with Crippen LogP contribution in [0.2, 0.25) is 0 Å². The Morgan fingerprint density at radius 2 is 1.96 bits per heavy atom. The number of ether oxygens (including phenoxy) is 1. The molecule has 1 N–H and O–H groups in total. The molecule has 0 aliphatic rings. The summed E-state index contributed by atoms with van der Waals surface area (Å²) >= 11 is 0. The van der Waals surface area contributed by atoms with Gasteiger partial charge in [0.15, 0.2) is 0 Å². The van der Waals surface area contributed by atoms with Crippen LogP contribution in [0.1, 0.15) is 46.8 Å². The van der Waals surface area contributed by atoms with E-state index in [4.69, 9.17) is 4.74 Å². The predicted molar refractivity (Wildman–Crippen MR) is 88.8 cm³/mol. The Balaban J connectivity index is 2.09. The highest BCUT2D eigenvalue weighted by molar-refractivity contribution is 5.95. The minimum atomic E-state index is -0.299. The topological polar surface area (TPSA) is 38.3 Å². The highest BCUT2D eigenvalue weighted by Crippen LogP contribution is 2.19. The van der Waals surface area contributed by atoms with Crippen LogP contribution in [0.15, 0.2) is 42.5 Å². The SMILES string of the molecule is COCc1cc(CNC(=O)c2ccccc2C(C)C)ccc1F. The van der Waals surface area contributed by atoms with E-state index in [-0.39, 0.29) is 24.2 Å². The van der Waals surface area contributed by atoms with Crippen LogP contribution < -0.4 is 5.32 Å². The Labute approximate surface area is 136 Å². The molecular weight excluding hydrogens is 293 g/mol. The number of hydrogen-bond donors (Lipinski definition) is 1. The van der Waals surface area contributed by atoms with E-state index in [9.17, 15) is 9.18 Å². The van der Waals surface area contributed by atoms with Gasteiger partial charge in [-0.15, -0.1) is 0 Å². The normalized spacial score (nSPS) is 10.8. The summed E-state index contributed by atoms with van der Waals surface area (Å²) in [7, 11) is 1.52. The lowest BCUT2D eigenvalue weighted by Crippen LogP contribution is -2.24. The van der Waals surface area contributed by atoms with Crippen molar-refractivity contribution in [1.82, 2.24) is 5.32 Å². The molecule has 2 aromatic carbocycles. The standard InChI is InChI=1S/C19H22FNO2/c1-13(2)16-6-4-5-7-17(16)19(22)21-11-14-8-9-18(20)15(10-14)12-23-3/h4-10,13H,11-12H2,1-3H3,(H,21,22). The van der Waals surface area contributed by atoms with Crippen LogP contribution in [0.3, 0.4) is 0 Å². The number of amides is 1.